The summed E-state index contributed by atoms with van der Waals surface area (Å²) in [5.74, 6) is 0.461. The van der Waals surface area contributed by atoms with E-state index in [9.17, 15) is 9.65 Å². The number of anilines is 2. The Balaban J connectivity index is 1.62. The second-order valence-corrected chi connectivity index (χ2v) is 11.1. The minimum absolute atomic E-state index is 0.180. The fourth-order valence-corrected chi connectivity index (χ4v) is 6.89. The lowest BCUT2D eigenvalue weighted by molar-refractivity contribution is 0.454. The molecule has 6 rings (SSSR count). The summed E-state index contributed by atoms with van der Waals surface area (Å²) in [4.78, 5) is 14.3. The van der Waals surface area contributed by atoms with Gasteiger partial charge in [-0.25, -0.2) is 18.7 Å². The number of hydrogen-bond donors (Lipinski definition) is 1. The number of nitriles is 1. The number of aromatic nitrogens is 2. The van der Waals surface area contributed by atoms with Crippen LogP contribution in [0.15, 0.2) is 31.0 Å². The molecule has 2 aliphatic rings. The summed E-state index contributed by atoms with van der Waals surface area (Å²) in [7, 11) is 0. The summed E-state index contributed by atoms with van der Waals surface area (Å²) >= 11 is 1.02. The summed E-state index contributed by atoms with van der Waals surface area (Å²) in [5, 5.41) is 11.1. The largest absolute Gasteiger partial charge is 0.389 e. The molecule has 0 saturated carbocycles. The van der Waals surface area contributed by atoms with E-state index in [0.29, 0.717) is 28.8 Å². The Morgan fingerprint density at radius 1 is 1.24 bits per heavy atom. The molecule has 4 aromatic rings. The monoisotopic (exact) mass is 530 g/mol. The van der Waals surface area contributed by atoms with Crippen molar-refractivity contribution in [2.45, 2.75) is 45.1 Å². The molecule has 6 nitrogen and oxygen atoms in total. The third-order valence-electron chi connectivity index (χ3n) is 7.72. The molecule has 0 radical (unpaired) electrons. The number of likely N-dealkylation sites (tertiary alicyclic amines) is 1. The van der Waals surface area contributed by atoms with Crippen molar-refractivity contribution in [2.24, 2.45) is 0 Å². The Labute approximate surface area is 224 Å². The highest BCUT2D eigenvalue weighted by Crippen LogP contribution is 2.44. The van der Waals surface area contributed by atoms with Gasteiger partial charge in [0.15, 0.2) is 5.82 Å². The molecule has 1 unspecified atom stereocenters. The Morgan fingerprint density at radius 2 is 2.08 bits per heavy atom. The van der Waals surface area contributed by atoms with Crippen molar-refractivity contribution >= 4 is 43.1 Å². The molecule has 2 aliphatic heterocycles. The number of benzene rings is 2. The maximum Gasteiger partial charge on any atom is 0.157 e. The maximum absolute atomic E-state index is 16.6. The van der Waals surface area contributed by atoms with E-state index >= 15 is 4.39 Å². The third kappa shape index (κ3) is 3.78. The standard InChI is InChI=1S/C29H28F2N6S/c1-3-6-22-34-26-23-16(7-5-11-37(29(23)35-22)17-10-12-36(4-2)15-17)13-19(25(26)31)18-8-9-21(30)27-24(18)20(14-32)28(33)38-27/h4,8-9,13,17H,2-3,5-7,10-12,15,33H2,1H3. The predicted octanol–water partition coefficient (Wildman–Crippen LogP) is 6.17. The lowest BCUT2D eigenvalue weighted by atomic mass is 9.93. The lowest BCUT2D eigenvalue weighted by Crippen LogP contribution is -2.38. The van der Waals surface area contributed by atoms with Gasteiger partial charge in [0.05, 0.1) is 10.3 Å². The van der Waals surface area contributed by atoms with E-state index in [1.807, 2.05) is 12.3 Å². The Hall–Kier alpha value is -3.77. The quantitative estimate of drug-likeness (QED) is 0.333. The average Bonchev–Trinajstić information content (AvgIpc) is 3.48. The second-order valence-electron chi connectivity index (χ2n) is 10.0. The summed E-state index contributed by atoms with van der Waals surface area (Å²) in [6.45, 7) is 8.60. The van der Waals surface area contributed by atoms with Crippen LogP contribution in [0, 0.1) is 23.0 Å². The number of nitrogen functional groups attached to an aromatic ring is 1. The lowest BCUT2D eigenvalue weighted by Gasteiger charge is -2.30. The molecule has 194 valence electrons. The first-order valence-corrected chi connectivity index (χ1v) is 13.8. The molecule has 9 heteroatoms. The Kier molecular flexibility index (Phi) is 6.15. The van der Waals surface area contributed by atoms with Crippen molar-refractivity contribution in [3.8, 4) is 17.2 Å². The predicted molar refractivity (Wildman–Crippen MR) is 149 cm³/mol. The summed E-state index contributed by atoms with van der Waals surface area (Å²) in [5.41, 5.74) is 8.26. The van der Waals surface area contributed by atoms with Crippen molar-refractivity contribution in [3.63, 3.8) is 0 Å². The van der Waals surface area contributed by atoms with Crippen LogP contribution in [-0.4, -0.2) is 40.5 Å². The van der Waals surface area contributed by atoms with Crippen molar-refractivity contribution in [1.29, 1.82) is 5.26 Å². The smallest absolute Gasteiger partial charge is 0.157 e. The van der Waals surface area contributed by atoms with Crippen LogP contribution in [0.25, 0.3) is 32.1 Å². The fourth-order valence-electron chi connectivity index (χ4n) is 5.94. The van der Waals surface area contributed by atoms with Gasteiger partial charge in [-0.2, -0.15) is 5.26 Å². The van der Waals surface area contributed by atoms with Crippen LogP contribution in [0.2, 0.25) is 0 Å². The number of halogens is 2. The topological polar surface area (TPSA) is 82.1 Å². The van der Waals surface area contributed by atoms with E-state index < -0.39 is 11.6 Å². The van der Waals surface area contributed by atoms with Crippen LogP contribution in [0.1, 0.15) is 43.1 Å². The minimum atomic E-state index is -0.479. The SMILES string of the molecule is C=CN1CCC(N2CCCc3cc(-c4ccc(F)c5sc(N)c(C#N)c45)c(F)c4nc(CCC)nc2c34)C1. The van der Waals surface area contributed by atoms with Gasteiger partial charge in [-0.15, -0.1) is 11.3 Å². The highest BCUT2D eigenvalue weighted by Gasteiger charge is 2.32. The molecule has 2 N–H and O–H groups in total. The average molecular weight is 531 g/mol. The van der Waals surface area contributed by atoms with Gasteiger partial charge in [0, 0.05) is 48.4 Å². The van der Waals surface area contributed by atoms with Crippen LogP contribution >= 0.6 is 11.3 Å². The van der Waals surface area contributed by atoms with Crippen LogP contribution in [0.3, 0.4) is 0 Å². The number of hydrogen-bond acceptors (Lipinski definition) is 7. The van der Waals surface area contributed by atoms with Gasteiger partial charge in [0.1, 0.15) is 34.0 Å². The van der Waals surface area contributed by atoms with Gasteiger partial charge >= 0.3 is 0 Å². The first kappa shape index (κ1) is 24.6. The zero-order valence-corrected chi connectivity index (χ0v) is 22.0. The fraction of sp³-hybridized carbons (Fsp3) is 0.345. The number of rotatable bonds is 5. The van der Waals surface area contributed by atoms with Crippen LogP contribution in [0.5, 0.6) is 0 Å². The van der Waals surface area contributed by atoms with E-state index in [1.165, 1.54) is 6.07 Å². The molecule has 2 aromatic carbocycles. The molecule has 4 heterocycles. The van der Waals surface area contributed by atoms with Crippen LogP contribution in [-0.2, 0) is 12.8 Å². The number of nitrogens with zero attached hydrogens (tertiary/aromatic N) is 5. The molecule has 38 heavy (non-hydrogen) atoms. The maximum atomic E-state index is 16.6. The molecule has 0 bridgehead atoms. The molecule has 0 spiro atoms. The van der Waals surface area contributed by atoms with Gasteiger partial charge in [-0.3, -0.25) is 0 Å². The molecule has 1 atom stereocenters. The highest BCUT2D eigenvalue weighted by molar-refractivity contribution is 7.23. The minimum Gasteiger partial charge on any atom is -0.389 e. The van der Waals surface area contributed by atoms with E-state index in [1.54, 1.807) is 6.07 Å². The van der Waals surface area contributed by atoms with E-state index in [-0.39, 0.29) is 26.8 Å². The number of aryl methyl sites for hydroxylation is 2. The highest BCUT2D eigenvalue weighted by atomic mass is 32.1. The van der Waals surface area contributed by atoms with E-state index in [0.717, 1.165) is 73.4 Å². The van der Waals surface area contributed by atoms with Gasteiger partial charge in [-0.05, 0) is 55.1 Å². The van der Waals surface area contributed by atoms with Crippen molar-refractivity contribution in [1.82, 2.24) is 14.9 Å². The number of thiophene rings is 1. The molecular formula is C29H28F2N6S. The van der Waals surface area contributed by atoms with Crippen molar-refractivity contribution < 1.29 is 8.78 Å². The van der Waals surface area contributed by atoms with Gasteiger partial charge in [-0.1, -0.05) is 19.6 Å². The van der Waals surface area contributed by atoms with Gasteiger partial charge in [0.2, 0.25) is 0 Å². The number of nitrogens with two attached hydrogens (primary N) is 1. The molecular weight excluding hydrogens is 502 g/mol. The number of fused-ring (bicyclic) bond motifs is 1. The first-order valence-electron chi connectivity index (χ1n) is 13.0. The van der Waals surface area contributed by atoms with Crippen molar-refractivity contribution in [2.75, 3.05) is 30.3 Å². The Morgan fingerprint density at radius 3 is 2.82 bits per heavy atom. The zero-order chi connectivity index (χ0) is 26.6. The summed E-state index contributed by atoms with van der Waals surface area (Å²) in [6.07, 6.45) is 5.97. The Bertz CT molecular complexity index is 1640. The molecule has 1 saturated heterocycles. The van der Waals surface area contributed by atoms with Gasteiger partial charge in [0.25, 0.3) is 0 Å². The first-order chi connectivity index (χ1) is 18.4. The summed E-state index contributed by atoms with van der Waals surface area (Å²) in [6, 6.07) is 7.07. The van der Waals surface area contributed by atoms with Crippen LogP contribution in [0.4, 0.5) is 19.6 Å². The second kappa shape index (κ2) is 9.52. The molecule has 2 aromatic heterocycles. The zero-order valence-electron chi connectivity index (χ0n) is 21.2. The van der Waals surface area contributed by atoms with Crippen molar-refractivity contribution in [3.05, 3.63) is 59.6 Å². The molecule has 0 aliphatic carbocycles. The molecule has 1 fully saturated rings. The molecule has 0 amide bonds. The van der Waals surface area contributed by atoms with E-state index in [2.05, 4.69) is 29.4 Å². The summed E-state index contributed by atoms with van der Waals surface area (Å²) < 4.78 is 31.6. The van der Waals surface area contributed by atoms with E-state index in [4.69, 9.17) is 15.7 Å². The third-order valence-corrected chi connectivity index (χ3v) is 8.75. The van der Waals surface area contributed by atoms with Crippen LogP contribution < -0.4 is 10.6 Å². The van der Waals surface area contributed by atoms with Gasteiger partial charge < -0.3 is 15.5 Å². The normalized spacial score (nSPS) is 17.3.